The Balaban J connectivity index is 1.88. The lowest BCUT2D eigenvalue weighted by molar-refractivity contribution is -0.135. The molecule has 0 radical (unpaired) electrons. The van der Waals surface area contributed by atoms with Gasteiger partial charge in [-0.1, -0.05) is 37.3 Å². The molecule has 1 aliphatic carbocycles. The summed E-state index contributed by atoms with van der Waals surface area (Å²) in [5.41, 5.74) is 1.13. The molecular weight excluding hydrogens is 264 g/mol. The third-order valence-electron chi connectivity index (χ3n) is 3.90. The van der Waals surface area contributed by atoms with Crippen LogP contribution in [-0.2, 0) is 16.1 Å². The molecule has 0 spiro atoms. The van der Waals surface area contributed by atoms with Gasteiger partial charge in [-0.3, -0.25) is 9.59 Å². The average Bonchev–Trinajstić information content (AvgIpc) is 3.31. The van der Waals surface area contributed by atoms with E-state index in [-0.39, 0.29) is 23.7 Å². The summed E-state index contributed by atoms with van der Waals surface area (Å²) in [5.74, 6) is -0.0941. The molecule has 114 valence electrons. The van der Waals surface area contributed by atoms with Crippen LogP contribution in [0.15, 0.2) is 30.3 Å². The molecule has 1 saturated carbocycles. The minimum absolute atomic E-state index is 0.0333. The Labute approximate surface area is 126 Å². The summed E-state index contributed by atoms with van der Waals surface area (Å²) < 4.78 is 0. The van der Waals surface area contributed by atoms with Crippen LogP contribution >= 0.6 is 0 Å². The first-order valence-corrected chi connectivity index (χ1v) is 7.77. The molecule has 4 heteroatoms. The highest BCUT2D eigenvalue weighted by Gasteiger charge is 2.49. The molecule has 4 nitrogen and oxygen atoms in total. The van der Waals surface area contributed by atoms with Crippen LogP contribution < -0.4 is 5.32 Å². The fourth-order valence-electron chi connectivity index (χ4n) is 2.52. The monoisotopic (exact) mass is 288 g/mol. The molecule has 0 saturated heterocycles. The molecule has 2 amide bonds. The lowest BCUT2D eigenvalue weighted by Gasteiger charge is -2.21. The number of rotatable bonds is 7. The van der Waals surface area contributed by atoms with Crippen LogP contribution in [0.4, 0.5) is 0 Å². The van der Waals surface area contributed by atoms with E-state index in [1.54, 1.807) is 0 Å². The highest BCUT2D eigenvalue weighted by molar-refractivity contribution is 5.92. The summed E-state index contributed by atoms with van der Waals surface area (Å²) in [6.45, 7) is 5.99. The number of hydrogen-bond donors (Lipinski definition) is 1. The molecule has 1 aromatic rings. The minimum atomic E-state index is -0.120. The summed E-state index contributed by atoms with van der Waals surface area (Å²) >= 11 is 0. The van der Waals surface area contributed by atoms with Crippen LogP contribution in [0.5, 0.6) is 0 Å². The van der Waals surface area contributed by atoms with Crippen molar-refractivity contribution in [2.45, 2.75) is 33.2 Å². The molecule has 1 N–H and O–H groups in total. The van der Waals surface area contributed by atoms with Gasteiger partial charge in [0, 0.05) is 19.6 Å². The fraction of sp³-hybridized carbons (Fsp3) is 0.529. The summed E-state index contributed by atoms with van der Waals surface area (Å²) in [4.78, 5) is 26.2. The molecule has 0 heterocycles. The summed E-state index contributed by atoms with van der Waals surface area (Å²) in [7, 11) is 0. The minimum Gasteiger partial charge on any atom is -0.356 e. The van der Waals surface area contributed by atoms with E-state index >= 15 is 0 Å². The topological polar surface area (TPSA) is 49.4 Å². The first kappa shape index (κ1) is 15.5. The van der Waals surface area contributed by atoms with Crippen LogP contribution in [0.1, 0.15) is 32.3 Å². The Kier molecular flexibility index (Phi) is 5.37. The van der Waals surface area contributed by atoms with E-state index in [0.717, 1.165) is 12.0 Å². The van der Waals surface area contributed by atoms with Crippen molar-refractivity contribution in [3.63, 3.8) is 0 Å². The molecular formula is C17H24N2O2. The maximum absolute atomic E-state index is 12.5. The maximum Gasteiger partial charge on any atom is 0.226 e. The third kappa shape index (κ3) is 4.06. The Bertz CT molecular complexity index is 487. The number of carbonyl (C=O) groups is 2. The Morgan fingerprint density at radius 1 is 1.19 bits per heavy atom. The van der Waals surface area contributed by atoms with Crippen LogP contribution in [-0.4, -0.2) is 29.8 Å². The van der Waals surface area contributed by atoms with Crippen molar-refractivity contribution < 1.29 is 9.59 Å². The second kappa shape index (κ2) is 7.25. The number of nitrogens with zero attached hydrogens (tertiary/aromatic N) is 1. The molecule has 2 atom stereocenters. The Morgan fingerprint density at radius 2 is 1.90 bits per heavy atom. The van der Waals surface area contributed by atoms with Crippen molar-refractivity contribution in [1.29, 1.82) is 0 Å². The van der Waals surface area contributed by atoms with E-state index in [4.69, 9.17) is 0 Å². The first-order chi connectivity index (χ1) is 10.2. The summed E-state index contributed by atoms with van der Waals surface area (Å²) in [5, 5.41) is 2.88. The molecule has 0 aliphatic heterocycles. The number of hydrogen-bond acceptors (Lipinski definition) is 2. The number of nitrogens with one attached hydrogen (secondary N) is 1. The molecule has 21 heavy (non-hydrogen) atoms. The van der Waals surface area contributed by atoms with Crippen LogP contribution in [0.2, 0.25) is 0 Å². The van der Waals surface area contributed by atoms with E-state index < -0.39 is 0 Å². The van der Waals surface area contributed by atoms with Gasteiger partial charge in [-0.05, 0) is 25.3 Å². The number of carbonyl (C=O) groups excluding carboxylic acids is 2. The summed E-state index contributed by atoms with van der Waals surface area (Å²) in [6, 6.07) is 9.97. The smallest absolute Gasteiger partial charge is 0.226 e. The largest absolute Gasteiger partial charge is 0.356 e. The third-order valence-corrected chi connectivity index (χ3v) is 3.90. The van der Waals surface area contributed by atoms with Crippen molar-refractivity contribution >= 4 is 11.8 Å². The molecule has 1 aromatic carbocycles. The van der Waals surface area contributed by atoms with Crippen molar-refractivity contribution in [2.75, 3.05) is 13.1 Å². The van der Waals surface area contributed by atoms with Gasteiger partial charge in [-0.15, -0.1) is 0 Å². The van der Waals surface area contributed by atoms with Crippen molar-refractivity contribution in [2.24, 2.45) is 11.8 Å². The molecule has 2 unspecified atom stereocenters. The zero-order valence-electron chi connectivity index (χ0n) is 12.8. The number of amides is 2. The molecule has 1 aliphatic rings. The van der Waals surface area contributed by atoms with Gasteiger partial charge in [0.05, 0.1) is 11.8 Å². The lowest BCUT2D eigenvalue weighted by Crippen LogP contribution is -2.34. The van der Waals surface area contributed by atoms with Gasteiger partial charge in [0.1, 0.15) is 0 Å². The standard InChI is InChI=1S/C17H24N2O2/c1-3-10-18-16(20)14-11-15(14)17(21)19(4-2)12-13-8-6-5-7-9-13/h5-9,14-15H,3-4,10-12H2,1-2H3,(H,18,20). The zero-order valence-corrected chi connectivity index (χ0v) is 12.8. The van der Waals surface area contributed by atoms with Crippen LogP contribution in [0, 0.1) is 11.8 Å². The summed E-state index contributed by atoms with van der Waals surface area (Å²) in [6.07, 6.45) is 1.62. The normalized spacial score (nSPS) is 19.9. The van der Waals surface area contributed by atoms with Gasteiger partial charge in [0.25, 0.3) is 0 Å². The molecule has 0 bridgehead atoms. The van der Waals surface area contributed by atoms with Crippen molar-refractivity contribution in [3.8, 4) is 0 Å². The van der Waals surface area contributed by atoms with Gasteiger partial charge >= 0.3 is 0 Å². The predicted octanol–water partition coefficient (Wildman–Crippen LogP) is 2.20. The van der Waals surface area contributed by atoms with Gasteiger partial charge in [0.15, 0.2) is 0 Å². The van der Waals surface area contributed by atoms with E-state index in [1.165, 1.54) is 0 Å². The van der Waals surface area contributed by atoms with Crippen LogP contribution in [0.25, 0.3) is 0 Å². The fourth-order valence-corrected chi connectivity index (χ4v) is 2.52. The lowest BCUT2D eigenvalue weighted by atomic mass is 10.2. The highest BCUT2D eigenvalue weighted by Crippen LogP contribution is 2.40. The average molecular weight is 288 g/mol. The first-order valence-electron chi connectivity index (χ1n) is 7.77. The predicted molar refractivity (Wildman–Crippen MR) is 82.4 cm³/mol. The van der Waals surface area contributed by atoms with Crippen molar-refractivity contribution in [1.82, 2.24) is 10.2 Å². The van der Waals surface area contributed by atoms with Gasteiger partial charge in [-0.2, -0.15) is 0 Å². The zero-order chi connectivity index (χ0) is 15.2. The number of benzene rings is 1. The molecule has 0 aromatic heterocycles. The maximum atomic E-state index is 12.5. The Hall–Kier alpha value is -1.84. The molecule has 1 fully saturated rings. The van der Waals surface area contributed by atoms with E-state index in [1.807, 2.05) is 49.1 Å². The highest BCUT2D eigenvalue weighted by atomic mass is 16.2. The second-order valence-electron chi connectivity index (χ2n) is 5.58. The van der Waals surface area contributed by atoms with Crippen LogP contribution in [0.3, 0.4) is 0 Å². The second-order valence-corrected chi connectivity index (χ2v) is 5.58. The Morgan fingerprint density at radius 3 is 2.52 bits per heavy atom. The quantitative estimate of drug-likeness (QED) is 0.836. The van der Waals surface area contributed by atoms with Gasteiger partial charge in [0.2, 0.25) is 11.8 Å². The molecule has 2 rings (SSSR count). The van der Waals surface area contributed by atoms with E-state index in [2.05, 4.69) is 5.32 Å². The van der Waals surface area contributed by atoms with Crippen molar-refractivity contribution in [3.05, 3.63) is 35.9 Å². The van der Waals surface area contributed by atoms with Gasteiger partial charge < -0.3 is 10.2 Å². The van der Waals surface area contributed by atoms with E-state index in [9.17, 15) is 9.59 Å². The van der Waals surface area contributed by atoms with E-state index in [0.29, 0.717) is 26.1 Å². The SMILES string of the molecule is CCCNC(=O)C1CC1C(=O)N(CC)Cc1ccccc1. The van der Waals surface area contributed by atoms with Gasteiger partial charge in [-0.25, -0.2) is 0 Å².